The maximum atomic E-state index is 12.4. The van der Waals surface area contributed by atoms with Crippen molar-refractivity contribution >= 4 is 44.0 Å². The molecule has 0 aliphatic carbocycles. The maximum absolute atomic E-state index is 12.4. The molecule has 0 N–H and O–H groups in total. The van der Waals surface area contributed by atoms with Crippen LogP contribution >= 0.6 is 0 Å². The zero-order valence-corrected chi connectivity index (χ0v) is 28.2. The van der Waals surface area contributed by atoms with E-state index in [1.54, 1.807) is 0 Å². The van der Waals surface area contributed by atoms with E-state index in [2.05, 4.69) is 97.9 Å². The van der Waals surface area contributed by atoms with Crippen LogP contribution in [0.2, 0.25) is 0 Å². The van der Waals surface area contributed by atoms with Gasteiger partial charge in [0, 0.05) is 32.8 Å². The van der Waals surface area contributed by atoms with Gasteiger partial charge in [-0.1, -0.05) is 118 Å². The average molecular weight is 620 g/mol. The van der Waals surface area contributed by atoms with Crippen LogP contribution in [-0.4, -0.2) is 39.9 Å². The Bertz CT molecular complexity index is 1610. The molecule has 5 rings (SSSR count). The fourth-order valence-electron chi connectivity index (χ4n) is 6.67. The highest BCUT2D eigenvalue weighted by molar-refractivity contribution is 6.23. The number of ether oxygens (including phenoxy) is 2. The minimum Gasteiger partial charge on any atom is -0.466 e. The van der Waals surface area contributed by atoms with E-state index in [0.717, 1.165) is 51.7 Å². The van der Waals surface area contributed by atoms with Crippen LogP contribution in [0.5, 0.6) is 0 Å². The molecule has 0 atom stereocenters. The first kappa shape index (κ1) is 33.7. The summed E-state index contributed by atoms with van der Waals surface area (Å²) in [6.45, 7) is 2.24. The van der Waals surface area contributed by atoms with Crippen LogP contribution in [0.1, 0.15) is 88.2 Å². The molecular weight excluding hydrogens is 566 g/mol. The second-order valence-electron chi connectivity index (χ2n) is 13.1. The molecule has 0 saturated heterocycles. The highest BCUT2D eigenvalue weighted by Crippen LogP contribution is 2.36. The van der Waals surface area contributed by atoms with Crippen LogP contribution < -0.4 is 4.90 Å². The summed E-state index contributed by atoms with van der Waals surface area (Å²) in [5.74, 6) is -0.0574. The Morgan fingerprint density at radius 1 is 0.565 bits per heavy atom. The van der Waals surface area contributed by atoms with Gasteiger partial charge in [0.25, 0.3) is 0 Å². The topological polar surface area (TPSA) is 38.8 Å². The van der Waals surface area contributed by atoms with Gasteiger partial charge < -0.3 is 14.4 Å². The van der Waals surface area contributed by atoms with Gasteiger partial charge in [-0.2, -0.15) is 0 Å². The highest BCUT2D eigenvalue weighted by atomic mass is 16.5. The van der Waals surface area contributed by atoms with Crippen molar-refractivity contribution in [2.45, 2.75) is 89.9 Å². The molecule has 4 heteroatoms. The lowest BCUT2D eigenvalue weighted by Gasteiger charge is -2.14. The van der Waals surface area contributed by atoms with Crippen molar-refractivity contribution in [1.29, 1.82) is 0 Å². The van der Waals surface area contributed by atoms with E-state index >= 15 is 0 Å². The number of carbonyl (C=O) groups is 1. The van der Waals surface area contributed by atoms with Gasteiger partial charge in [-0.15, -0.1) is 0 Å². The number of nitrogens with zero attached hydrogens (tertiary/aromatic N) is 1. The first-order chi connectivity index (χ1) is 22.6. The Kier molecular flexibility index (Phi) is 13.1. The van der Waals surface area contributed by atoms with Gasteiger partial charge in [0.15, 0.2) is 0 Å². The Balaban J connectivity index is 0.830. The number of esters is 1. The largest absolute Gasteiger partial charge is 0.466 e. The Morgan fingerprint density at radius 3 is 1.83 bits per heavy atom. The number of unbranched alkanes of at least 4 members (excludes halogenated alkanes) is 9. The van der Waals surface area contributed by atoms with Gasteiger partial charge >= 0.3 is 5.97 Å². The van der Waals surface area contributed by atoms with Crippen molar-refractivity contribution in [3.63, 3.8) is 0 Å². The van der Waals surface area contributed by atoms with Gasteiger partial charge in [-0.25, -0.2) is 0 Å². The summed E-state index contributed by atoms with van der Waals surface area (Å²) < 4.78 is 11.4. The molecule has 0 aliphatic heterocycles. The number of benzene rings is 5. The monoisotopic (exact) mass is 619 g/mol. The second kappa shape index (κ2) is 17.9. The number of aryl methyl sites for hydroxylation is 1. The normalized spacial score (nSPS) is 11.6. The first-order valence-corrected chi connectivity index (χ1v) is 17.8. The molecular formula is C42H53NO3. The molecule has 4 nitrogen and oxygen atoms in total. The Hall–Kier alpha value is -3.63. The summed E-state index contributed by atoms with van der Waals surface area (Å²) in [5, 5.41) is 7.88. The van der Waals surface area contributed by atoms with Crippen molar-refractivity contribution in [2.75, 3.05) is 38.8 Å². The van der Waals surface area contributed by atoms with Crippen LogP contribution in [0.15, 0.2) is 78.9 Å². The summed E-state index contributed by atoms with van der Waals surface area (Å²) >= 11 is 0. The minimum atomic E-state index is -0.0574. The third-order valence-corrected chi connectivity index (χ3v) is 9.38. The fourth-order valence-corrected chi connectivity index (χ4v) is 6.67. The lowest BCUT2D eigenvalue weighted by Crippen LogP contribution is -2.08. The molecule has 46 heavy (non-hydrogen) atoms. The summed E-state index contributed by atoms with van der Waals surface area (Å²) in [6, 6.07) is 28.6. The lowest BCUT2D eigenvalue weighted by atomic mass is 9.90. The molecule has 0 aliphatic rings. The van der Waals surface area contributed by atoms with Gasteiger partial charge in [-0.05, 0) is 87.7 Å². The van der Waals surface area contributed by atoms with Gasteiger partial charge in [0.2, 0.25) is 0 Å². The minimum absolute atomic E-state index is 0.0574. The molecule has 0 aromatic heterocycles. The van der Waals surface area contributed by atoms with E-state index in [-0.39, 0.29) is 5.97 Å². The molecule has 0 saturated carbocycles. The molecule has 0 radical (unpaired) electrons. The number of carbonyl (C=O) groups excluding carboxylic acids is 1. The lowest BCUT2D eigenvalue weighted by molar-refractivity contribution is -0.143. The first-order valence-electron chi connectivity index (χ1n) is 17.8. The highest BCUT2D eigenvalue weighted by Gasteiger charge is 2.11. The van der Waals surface area contributed by atoms with Gasteiger partial charge in [0.05, 0.1) is 13.2 Å². The van der Waals surface area contributed by atoms with E-state index in [1.165, 1.54) is 94.1 Å². The number of anilines is 1. The molecule has 0 spiro atoms. The van der Waals surface area contributed by atoms with E-state index in [0.29, 0.717) is 13.0 Å². The van der Waals surface area contributed by atoms with Gasteiger partial charge in [0.1, 0.15) is 0 Å². The fraction of sp³-hybridized carbons (Fsp3) is 0.452. The third kappa shape index (κ3) is 9.69. The SMILES string of the molecule is CN(C)c1ccc(CCOCCCCCCCCCCCCOC(=O)CCCc2ccc3ccc4cccc5ccc2c3c45)cc1. The molecule has 0 amide bonds. The van der Waals surface area contributed by atoms with E-state index in [9.17, 15) is 4.79 Å². The second-order valence-corrected chi connectivity index (χ2v) is 13.1. The predicted molar refractivity (Wildman–Crippen MR) is 196 cm³/mol. The van der Waals surface area contributed by atoms with Crippen molar-refractivity contribution < 1.29 is 14.3 Å². The molecule has 5 aromatic rings. The summed E-state index contributed by atoms with van der Waals surface area (Å²) in [4.78, 5) is 14.5. The standard InChI is InChI=1S/C42H53NO3/c1-43(2)38-26-19-33(20-27-38)29-32-45-30-11-9-7-5-3-4-6-8-10-12-31-46-40(44)18-14-15-34-21-22-37-24-23-35-16-13-17-36-25-28-39(34)42(37)41(35)36/h13,16-17,19-28H,3-12,14-15,18,29-32H2,1-2H3. The van der Waals surface area contributed by atoms with Crippen LogP contribution in [0.3, 0.4) is 0 Å². The molecule has 0 heterocycles. The summed E-state index contributed by atoms with van der Waals surface area (Å²) in [5.41, 5.74) is 3.90. The van der Waals surface area contributed by atoms with Gasteiger partial charge in [-0.3, -0.25) is 4.79 Å². The van der Waals surface area contributed by atoms with Crippen LogP contribution in [0.25, 0.3) is 32.3 Å². The quantitative estimate of drug-likeness (QED) is 0.0465. The van der Waals surface area contributed by atoms with Crippen molar-refractivity contribution in [1.82, 2.24) is 0 Å². The molecule has 0 fully saturated rings. The van der Waals surface area contributed by atoms with E-state index < -0.39 is 0 Å². The van der Waals surface area contributed by atoms with Crippen molar-refractivity contribution in [3.8, 4) is 0 Å². The summed E-state index contributed by atoms with van der Waals surface area (Å²) in [7, 11) is 4.14. The molecule has 0 bridgehead atoms. The van der Waals surface area contributed by atoms with Crippen LogP contribution in [0.4, 0.5) is 5.69 Å². The number of rotatable bonds is 21. The zero-order chi connectivity index (χ0) is 32.0. The Labute approximate surface area is 276 Å². The zero-order valence-electron chi connectivity index (χ0n) is 28.2. The summed E-state index contributed by atoms with van der Waals surface area (Å²) in [6.07, 6.45) is 15.5. The van der Waals surface area contributed by atoms with Crippen LogP contribution in [-0.2, 0) is 27.1 Å². The van der Waals surface area contributed by atoms with Crippen LogP contribution in [0, 0.1) is 0 Å². The van der Waals surface area contributed by atoms with Crippen molar-refractivity contribution in [2.24, 2.45) is 0 Å². The number of hydrogen-bond acceptors (Lipinski definition) is 4. The maximum Gasteiger partial charge on any atom is 0.305 e. The molecule has 244 valence electrons. The smallest absolute Gasteiger partial charge is 0.305 e. The van der Waals surface area contributed by atoms with E-state index in [1.807, 2.05) is 0 Å². The third-order valence-electron chi connectivity index (χ3n) is 9.38. The average Bonchev–Trinajstić information content (AvgIpc) is 3.07. The molecule has 0 unspecified atom stereocenters. The van der Waals surface area contributed by atoms with E-state index in [4.69, 9.17) is 9.47 Å². The predicted octanol–water partition coefficient (Wildman–Crippen LogP) is 10.7. The van der Waals surface area contributed by atoms with Crippen molar-refractivity contribution in [3.05, 3.63) is 90.0 Å². The molecule has 5 aromatic carbocycles. The number of hydrogen-bond donors (Lipinski definition) is 0. The Morgan fingerprint density at radius 2 is 1.15 bits per heavy atom.